The minimum Gasteiger partial charge on any atom is -0.315 e. The van der Waals surface area contributed by atoms with E-state index in [2.05, 4.69) is 14.8 Å². The molecule has 88 valence electrons. The number of benzene rings is 1. The van der Waals surface area contributed by atoms with Crippen molar-refractivity contribution in [3.05, 3.63) is 30.3 Å². The van der Waals surface area contributed by atoms with Crippen LogP contribution in [-0.4, -0.2) is 27.5 Å². The Morgan fingerprint density at radius 2 is 2.00 bits per heavy atom. The molecule has 1 aromatic rings. The lowest BCUT2D eigenvalue weighted by atomic mass is 10.3. The second kappa shape index (κ2) is 4.82. The predicted octanol–water partition coefficient (Wildman–Crippen LogP) is 0.295. The Balaban J connectivity index is 1.97. The quantitative estimate of drug-likeness (QED) is 0.710. The first-order valence-electron chi connectivity index (χ1n) is 5.21. The summed E-state index contributed by atoms with van der Waals surface area (Å²) in [5, 5.41) is 3.10. The second-order valence-corrected chi connectivity index (χ2v) is 5.23. The van der Waals surface area contributed by atoms with Crippen LogP contribution < -0.4 is 14.8 Å². The third kappa shape index (κ3) is 3.19. The van der Waals surface area contributed by atoms with Gasteiger partial charge >= 0.3 is 0 Å². The molecular weight excluding hydrogens is 226 g/mol. The SMILES string of the molecule is O=S(=O)(Nc1ccccc1)NC1CCNC1. The van der Waals surface area contributed by atoms with Crippen LogP contribution in [0.15, 0.2) is 30.3 Å². The van der Waals surface area contributed by atoms with E-state index in [9.17, 15) is 8.42 Å². The van der Waals surface area contributed by atoms with Gasteiger partial charge in [-0.3, -0.25) is 4.72 Å². The van der Waals surface area contributed by atoms with Gasteiger partial charge in [0, 0.05) is 18.3 Å². The molecular formula is C10H15N3O2S. The van der Waals surface area contributed by atoms with Gasteiger partial charge in [0.15, 0.2) is 0 Å². The molecule has 6 heteroatoms. The molecule has 0 saturated carbocycles. The first kappa shape index (κ1) is 11.4. The lowest BCUT2D eigenvalue weighted by Gasteiger charge is -2.13. The number of nitrogens with one attached hydrogen (secondary N) is 3. The van der Waals surface area contributed by atoms with Crippen molar-refractivity contribution in [3.8, 4) is 0 Å². The average Bonchev–Trinajstić information content (AvgIpc) is 2.70. The topological polar surface area (TPSA) is 70.2 Å². The largest absolute Gasteiger partial charge is 0.315 e. The summed E-state index contributed by atoms with van der Waals surface area (Å²) >= 11 is 0. The summed E-state index contributed by atoms with van der Waals surface area (Å²) in [5.41, 5.74) is 0.570. The highest BCUT2D eigenvalue weighted by atomic mass is 32.2. The van der Waals surface area contributed by atoms with Gasteiger partial charge in [-0.1, -0.05) is 18.2 Å². The van der Waals surface area contributed by atoms with Crippen molar-refractivity contribution in [2.24, 2.45) is 0 Å². The fourth-order valence-electron chi connectivity index (χ4n) is 1.67. The van der Waals surface area contributed by atoms with E-state index < -0.39 is 10.2 Å². The van der Waals surface area contributed by atoms with Crippen molar-refractivity contribution in [2.45, 2.75) is 12.5 Å². The Morgan fingerprint density at radius 3 is 2.62 bits per heavy atom. The normalized spacial score (nSPS) is 20.9. The summed E-state index contributed by atoms with van der Waals surface area (Å²) in [6.45, 7) is 1.55. The molecule has 0 radical (unpaired) electrons. The first-order valence-corrected chi connectivity index (χ1v) is 6.70. The molecule has 1 aromatic carbocycles. The molecule has 16 heavy (non-hydrogen) atoms. The van der Waals surface area contributed by atoms with Gasteiger partial charge in [0.1, 0.15) is 0 Å². The molecule has 0 bridgehead atoms. The van der Waals surface area contributed by atoms with Crippen LogP contribution in [0, 0.1) is 0 Å². The molecule has 2 rings (SSSR count). The highest BCUT2D eigenvalue weighted by Crippen LogP contribution is 2.08. The fourth-order valence-corrected chi connectivity index (χ4v) is 2.81. The summed E-state index contributed by atoms with van der Waals surface area (Å²) in [6, 6.07) is 8.83. The molecule has 0 aromatic heterocycles. The number of hydrogen-bond acceptors (Lipinski definition) is 3. The van der Waals surface area contributed by atoms with Crippen LogP contribution >= 0.6 is 0 Å². The van der Waals surface area contributed by atoms with Gasteiger partial charge in [0.25, 0.3) is 10.2 Å². The Hall–Kier alpha value is -1.11. The maximum atomic E-state index is 11.7. The zero-order valence-corrected chi connectivity index (χ0v) is 9.63. The smallest absolute Gasteiger partial charge is 0.299 e. The zero-order valence-electron chi connectivity index (χ0n) is 8.81. The van der Waals surface area contributed by atoms with Crippen LogP contribution in [0.4, 0.5) is 5.69 Å². The molecule has 1 heterocycles. The van der Waals surface area contributed by atoms with Crippen LogP contribution in [0.1, 0.15) is 6.42 Å². The van der Waals surface area contributed by atoms with E-state index in [1.807, 2.05) is 6.07 Å². The predicted molar refractivity (Wildman–Crippen MR) is 63.4 cm³/mol. The van der Waals surface area contributed by atoms with Gasteiger partial charge in [0.05, 0.1) is 0 Å². The molecule has 3 N–H and O–H groups in total. The fraction of sp³-hybridized carbons (Fsp3) is 0.400. The summed E-state index contributed by atoms with van der Waals surface area (Å²) in [4.78, 5) is 0. The molecule has 5 nitrogen and oxygen atoms in total. The van der Waals surface area contributed by atoms with Crippen LogP contribution in [-0.2, 0) is 10.2 Å². The van der Waals surface area contributed by atoms with Crippen molar-refractivity contribution < 1.29 is 8.42 Å². The minimum absolute atomic E-state index is 0.0128. The highest BCUT2D eigenvalue weighted by molar-refractivity contribution is 7.90. The Bertz CT molecular complexity index is 427. The van der Waals surface area contributed by atoms with Crippen molar-refractivity contribution in [1.29, 1.82) is 0 Å². The third-order valence-corrected chi connectivity index (χ3v) is 3.56. The first-order chi connectivity index (χ1) is 7.66. The molecule has 1 fully saturated rings. The van der Waals surface area contributed by atoms with Gasteiger partial charge < -0.3 is 5.32 Å². The minimum atomic E-state index is -3.46. The monoisotopic (exact) mass is 241 g/mol. The Morgan fingerprint density at radius 1 is 1.25 bits per heavy atom. The van der Waals surface area contributed by atoms with E-state index in [0.717, 1.165) is 13.0 Å². The van der Waals surface area contributed by atoms with Gasteiger partial charge in [-0.25, -0.2) is 0 Å². The van der Waals surface area contributed by atoms with Crippen molar-refractivity contribution in [1.82, 2.24) is 10.0 Å². The van der Waals surface area contributed by atoms with E-state index in [1.165, 1.54) is 0 Å². The number of para-hydroxylation sites is 1. The summed E-state index contributed by atoms with van der Waals surface area (Å²) in [5.74, 6) is 0. The second-order valence-electron chi connectivity index (χ2n) is 3.78. The van der Waals surface area contributed by atoms with Gasteiger partial charge in [-0.15, -0.1) is 0 Å². The third-order valence-electron chi connectivity index (χ3n) is 2.41. The summed E-state index contributed by atoms with van der Waals surface area (Å²) in [6.07, 6.45) is 0.829. The molecule has 1 aliphatic rings. The Labute approximate surface area is 95.4 Å². The van der Waals surface area contributed by atoms with Crippen LogP contribution in [0.2, 0.25) is 0 Å². The van der Waals surface area contributed by atoms with Crippen molar-refractivity contribution in [3.63, 3.8) is 0 Å². The van der Waals surface area contributed by atoms with Gasteiger partial charge in [-0.05, 0) is 25.1 Å². The molecule has 0 spiro atoms. The van der Waals surface area contributed by atoms with Gasteiger partial charge in [-0.2, -0.15) is 13.1 Å². The standard InChI is InChI=1S/C10H15N3O2S/c14-16(15,13-10-6-7-11-8-10)12-9-4-2-1-3-5-9/h1-5,10-13H,6-8H2. The average molecular weight is 241 g/mol. The van der Waals surface area contributed by atoms with E-state index in [-0.39, 0.29) is 6.04 Å². The summed E-state index contributed by atoms with van der Waals surface area (Å²) < 4.78 is 28.5. The van der Waals surface area contributed by atoms with Crippen LogP contribution in [0.5, 0.6) is 0 Å². The number of rotatable bonds is 4. The molecule has 0 amide bonds. The summed E-state index contributed by atoms with van der Waals surface area (Å²) in [7, 11) is -3.46. The molecule has 1 aliphatic heterocycles. The maximum Gasteiger partial charge on any atom is 0.299 e. The van der Waals surface area contributed by atoms with Gasteiger partial charge in [0.2, 0.25) is 0 Å². The van der Waals surface area contributed by atoms with Crippen LogP contribution in [0.25, 0.3) is 0 Å². The van der Waals surface area contributed by atoms with Crippen LogP contribution in [0.3, 0.4) is 0 Å². The molecule has 1 saturated heterocycles. The zero-order chi connectivity index (χ0) is 11.4. The number of hydrogen-bond donors (Lipinski definition) is 3. The maximum absolute atomic E-state index is 11.7. The number of anilines is 1. The van der Waals surface area contributed by atoms with Crippen molar-refractivity contribution in [2.75, 3.05) is 17.8 Å². The van der Waals surface area contributed by atoms with Crippen molar-refractivity contribution >= 4 is 15.9 Å². The van der Waals surface area contributed by atoms with E-state index >= 15 is 0 Å². The van der Waals surface area contributed by atoms with E-state index in [0.29, 0.717) is 12.2 Å². The molecule has 1 atom stereocenters. The molecule has 0 aliphatic carbocycles. The highest BCUT2D eigenvalue weighted by Gasteiger charge is 2.20. The molecule has 1 unspecified atom stereocenters. The van der Waals surface area contributed by atoms with E-state index in [1.54, 1.807) is 24.3 Å². The van der Waals surface area contributed by atoms with E-state index in [4.69, 9.17) is 0 Å². The lowest BCUT2D eigenvalue weighted by Crippen LogP contribution is -2.39. The lowest BCUT2D eigenvalue weighted by molar-refractivity contribution is 0.565. The Kier molecular flexibility index (Phi) is 3.42.